The third kappa shape index (κ3) is 6.19. The second kappa shape index (κ2) is 9.78. The van der Waals surface area contributed by atoms with Crippen LogP contribution in [0.15, 0.2) is 24.3 Å². The average molecular weight is 616 g/mol. The maximum absolute atomic E-state index is 14.4. The van der Waals surface area contributed by atoms with Crippen molar-refractivity contribution >= 4 is 17.3 Å². The quantitative estimate of drug-likeness (QED) is 0.197. The number of rotatable bonds is 9. The minimum absolute atomic E-state index is 0.0882. The van der Waals surface area contributed by atoms with Crippen LogP contribution in [0.4, 0.5) is 86.0 Å². The van der Waals surface area contributed by atoms with E-state index in [2.05, 4.69) is 0 Å². The molecule has 0 saturated carbocycles. The molecule has 1 amide bonds. The highest BCUT2D eigenvalue weighted by Gasteiger charge is 2.85. The number of alkyl halides is 17. The number of nitro benzene ring substituents is 1. The third-order valence-electron chi connectivity index (χ3n) is 3.97. The normalized spacial score (nSPS) is 17.3. The molecule has 0 fully saturated rings. The largest absolute Gasteiger partial charge is 0.462 e. The van der Waals surface area contributed by atoms with E-state index in [0.717, 1.165) is 0 Å². The summed E-state index contributed by atoms with van der Waals surface area (Å²) in [5.74, 6) is -26.7. The molecule has 0 aliphatic rings. The molecule has 224 valence electrons. The molecule has 1 aromatic rings. The SMILES string of the molecule is O=C(Nc1cccc([N+](=O)[O-])c1)C(F)(OC(F)(F)C(F)(OC(F)(F)C(F)(F)C(F)(F)F)C(F)(F)F)C(F)(F)F. The second-order valence-corrected chi connectivity index (χ2v) is 6.76. The number of carbonyl (C=O) groups is 1. The van der Waals surface area contributed by atoms with E-state index in [9.17, 15) is 89.5 Å². The Kier molecular flexibility index (Phi) is 8.49. The fourth-order valence-corrected chi connectivity index (χ4v) is 2.07. The molecule has 2 unspecified atom stereocenters. The number of non-ortho nitro benzene ring substituents is 1. The van der Waals surface area contributed by atoms with Crippen molar-refractivity contribution in [1.82, 2.24) is 0 Å². The van der Waals surface area contributed by atoms with E-state index in [1.54, 1.807) is 0 Å². The first-order valence-corrected chi connectivity index (χ1v) is 8.64. The Balaban J connectivity index is 3.64. The molecule has 1 aromatic carbocycles. The Morgan fingerprint density at radius 1 is 0.718 bits per heavy atom. The average Bonchev–Trinajstić information content (AvgIpc) is 2.70. The van der Waals surface area contributed by atoms with Gasteiger partial charge in [0.25, 0.3) is 11.6 Å². The fourth-order valence-electron chi connectivity index (χ4n) is 2.07. The van der Waals surface area contributed by atoms with Crippen LogP contribution in [0.3, 0.4) is 0 Å². The number of nitrogens with zero attached hydrogens (tertiary/aromatic N) is 1. The van der Waals surface area contributed by atoms with Crippen LogP contribution >= 0.6 is 0 Å². The Morgan fingerprint density at radius 3 is 1.59 bits per heavy atom. The molecule has 1 rings (SSSR count). The van der Waals surface area contributed by atoms with E-state index in [1.807, 2.05) is 4.74 Å². The molecule has 39 heavy (non-hydrogen) atoms. The van der Waals surface area contributed by atoms with Gasteiger partial charge < -0.3 is 5.32 Å². The van der Waals surface area contributed by atoms with Crippen LogP contribution in [0.1, 0.15) is 0 Å². The van der Waals surface area contributed by atoms with Crippen LogP contribution in [0.2, 0.25) is 0 Å². The summed E-state index contributed by atoms with van der Waals surface area (Å²) in [4.78, 5) is 21.0. The van der Waals surface area contributed by atoms with E-state index in [4.69, 9.17) is 0 Å². The third-order valence-corrected chi connectivity index (χ3v) is 3.97. The van der Waals surface area contributed by atoms with Gasteiger partial charge in [0.2, 0.25) is 0 Å². The first-order chi connectivity index (χ1) is 17.0. The number of halogens is 17. The smallest absolute Gasteiger partial charge is 0.321 e. The predicted molar refractivity (Wildman–Crippen MR) is 84.6 cm³/mol. The van der Waals surface area contributed by atoms with Gasteiger partial charge in [-0.2, -0.15) is 74.6 Å². The van der Waals surface area contributed by atoms with Gasteiger partial charge >= 0.3 is 48.4 Å². The fraction of sp³-hybridized carbons (Fsp3) is 0.533. The van der Waals surface area contributed by atoms with Crippen molar-refractivity contribution in [2.45, 2.75) is 48.4 Å². The molecule has 0 radical (unpaired) electrons. The lowest BCUT2D eigenvalue weighted by atomic mass is 10.2. The molecule has 1 N–H and O–H groups in total. The minimum Gasteiger partial charge on any atom is -0.321 e. The molecule has 0 aliphatic carbocycles. The minimum atomic E-state index is -8.15. The second-order valence-electron chi connectivity index (χ2n) is 6.76. The van der Waals surface area contributed by atoms with Crippen LogP contribution in [-0.2, 0) is 14.3 Å². The van der Waals surface area contributed by atoms with Crippen LogP contribution in [0, 0.1) is 10.1 Å². The van der Waals surface area contributed by atoms with Gasteiger partial charge in [-0.15, -0.1) is 0 Å². The zero-order chi connectivity index (χ0) is 31.3. The molecular formula is C15H5F17N2O5. The Morgan fingerprint density at radius 2 is 1.21 bits per heavy atom. The number of anilines is 1. The summed E-state index contributed by atoms with van der Waals surface area (Å²) in [6.07, 6.45) is -39.0. The topological polar surface area (TPSA) is 90.7 Å². The van der Waals surface area contributed by atoms with E-state index in [1.165, 1.54) is 4.74 Å². The van der Waals surface area contributed by atoms with E-state index < -0.39 is 70.6 Å². The number of hydrogen-bond donors (Lipinski definition) is 1. The van der Waals surface area contributed by atoms with Crippen LogP contribution in [0.5, 0.6) is 0 Å². The van der Waals surface area contributed by atoms with E-state index in [-0.39, 0.29) is 6.07 Å². The van der Waals surface area contributed by atoms with Crippen molar-refractivity contribution in [2.75, 3.05) is 5.32 Å². The monoisotopic (exact) mass is 616 g/mol. The summed E-state index contributed by atoms with van der Waals surface area (Å²) in [6, 6.07) is 1.58. The zero-order valence-electron chi connectivity index (χ0n) is 17.2. The van der Waals surface area contributed by atoms with Crippen molar-refractivity contribution in [3.8, 4) is 0 Å². The number of ether oxygens (including phenoxy) is 2. The first-order valence-electron chi connectivity index (χ1n) is 8.64. The van der Waals surface area contributed by atoms with Crippen LogP contribution < -0.4 is 5.32 Å². The highest BCUT2D eigenvalue weighted by Crippen LogP contribution is 2.56. The van der Waals surface area contributed by atoms with Gasteiger partial charge in [0.1, 0.15) is 0 Å². The number of benzene rings is 1. The molecule has 7 nitrogen and oxygen atoms in total. The summed E-state index contributed by atoms with van der Waals surface area (Å²) in [5.41, 5.74) is -2.40. The summed E-state index contributed by atoms with van der Waals surface area (Å²) < 4.78 is 226. The summed E-state index contributed by atoms with van der Waals surface area (Å²) in [5, 5.41) is 11.2. The van der Waals surface area contributed by atoms with E-state index >= 15 is 0 Å². The zero-order valence-corrected chi connectivity index (χ0v) is 17.2. The first kappa shape index (κ1) is 33.8. The van der Waals surface area contributed by atoms with Crippen LogP contribution in [0.25, 0.3) is 0 Å². The number of hydrogen-bond acceptors (Lipinski definition) is 5. The van der Waals surface area contributed by atoms with Gasteiger partial charge in [-0.05, 0) is 6.07 Å². The van der Waals surface area contributed by atoms with Gasteiger partial charge in [-0.25, -0.2) is 0 Å². The number of nitro groups is 1. The van der Waals surface area contributed by atoms with Gasteiger partial charge in [0.15, 0.2) is 0 Å². The van der Waals surface area contributed by atoms with E-state index in [0.29, 0.717) is 23.5 Å². The maximum Gasteiger partial charge on any atom is 0.462 e. The Labute approximate surface area is 200 Å². The summed E-state index contributed by atoms with van der Waals surface area (Å²) >= 11 is 0. The number of carbonyl (C=O) groups excluding carboxylic acids is 1. The molecule has 24 heteroatoms. The molecule has 0 aliphatic heterocycles. The molecule has 2 atom stereocenters. The van der Waals surface area contributed by atoms with Gasteiger partial charge in [0.05, 0.1) is 4.92 Å². The molecule has 0 aromatic heterocycles. The highest BCUT2D eigenvalue weighted by atomic mass is 19.4. The van der Waals surface area contributed by atoms with Gasteiger partial charge in [-0.3, -0.25) is 24.4 Å². The standard InChI is InChI=1S/C15H5F17N2O5/c16-8(11(20,21)22,7(35)33-5-2-1-3-6(4-5)34(36)37)38-15(31,32)10(19,13(26,27)28)39-14(29,30)9(17,18)12(23,24)25/h1-4H,(H,33,35). The van der Waals surface area contributed by atoms with Crippen LogP contribution in [-0.4, -0.2) is 59.2 Å². The number of amides is 1. The number of nitrogens with one attached hydrogen (secondary N) is 1. The molecule has 0 heterocycles. The van der Waals surface area contributed by atoms with Crippen molar-refractivity contribution in [1.29, 1.82) is 0 Å². The predicted octanol–water partition coefficient (Wildman–Crippen LogP) is 6.41. The van der Waals surface area contributed by atoms with Crippen molar-refractivity contribution in [3.63, 3.8) is 0 Å². The Hall–Kier alpha value is -3.18. The van der Waals surface area contributed by atoms with Crippen molar-refractivity contribution in [2.24, 2.45) is 0 Å². The lowest BCUT2D eigenvalue weighted by Crippen LogP contribution is -2.68. The molecular weight excluding hydrogens is 611 g/mol. The lowest BCUT2D eigenvalue weighted by Gasteiger charge is -2.40. The Bertz CT molecular complexity index is 1090. The lowest BCUT2D eigenvalue weighted by molar-refractivity contribution is -0.548. The molecule has 0 bridgehead atoms. The summed E-state index contributed by atoms with van der Waals surface area (Å²) in [7, 11) is 0. The van der Waals surface area contributed by atoms with Gasteiger partial charge in [0, 0.05) is 17.8 Å². The maximum atomic E-state index is 14.4. The summed E-state index contributed by atoms with van der Waals surface area (Å²) in [6.45, 7) is 0. The molecule has 0 saturated heterocycles. The highest BCUT2D eigenvalue weighted by molar-refractivity contribution is 5.97. The van der Waals surface area contributed by atoms with Crippen molar-refractivity contribution < 1.29 is 93.8 Å². The van der Waals surface area contributed by atoms with Gasteiger partial charge in [-0.1, -0.05) is 6.07 Å². The van der Waals surface area contributed by atoms with Crippen molar-refractivity contribution in [3.05, 3.63) is 34.4 Å². The molecule has 0 spiro atoms.